The van der Waals surface area contributed by atoms with Gasteiger partial charge in [0.1, 0.15) is 0 Å². The molecule has 0 saturated carbocycles. The van der Waals surface area contributed by atoms with E-state index in [4.69, 9.17) is 0 Å². The summed E-state index contributed by atoms with van der Waals surface area (Å²) >= 11 is 0. The summed E-state index contributed by atoms with van der Waals surface area (Å²) in [5.74, 6) is -0.280. The molecular formula is C7H12O2. The van der Waals surface area contributed by atoms with Crippen molar-refractivity contribution in [3.05, 3.63) is 25.5 Å². The molecule has 0 aliphatic carbocycles. The van der Waals surface area contributed by atoms with Crippen LogP contribution in [0.1, 0.15) is 13.8 Å². The Morgan fingerprint density at radius 2 is 2.00 bits per heavy atom. The summed E-state index contributed by atoms with van der Waals surface area (Å²) in [4.78, 5) is 9.93. The Bertz CT molecular complexity index is 95.1. The highest BCUT2D eigenvalue weighted by molar-refractivity contribution is 5.66. The van der Waals surface area contributed by atoms with Crippen molar-refractivity contribution in [2.45, 2.75) is 13.8 Å². The van der Waals surface area contributed by atoms with E-state index in [1.807, 2.05) is 0 Å². The van der Waals surface area contributed by atoms with Crippen LogP contribution >= 0.6 is 0 Å². The predicted molar refractivity (Wildman–Crippen MR) is 37.8 cm³/mol. The van der Waals surface area contributed by atoms with Gasteiger partial charge in [-0.1, -0.05) is 6.08 Å². The molecule has 2 nitrogen and oxygen atoms in total. The minimum Gasteiger partial charge on any atom is -0.435 e. The topological polar surface area (TPSA) is 26.3 Å². The molecule has 0 saturated heterocycles. The second-order valence-corrected chi connectivity index (χ2v) is 1.08. The molecular weight excluding hydrogens is 116 g/mol. The number of carbonyl (C=O) groups is 1. The molecule has 0 N–H and O–H groups in total. The van der Waals surface area contributed by atoms with E-state index in [2.05, 4.69) is 17.9 Å². The van der Waals surface area contributed by atoms with E-state index in [1.54, 1.807) is 13.0 Å². The highest BCUT2D eigenvalue weighted by Gasteiger charge is 1.80. The maximum atomic E-state index is 9.93. The SMILES string of the molecule is C=C.CC=COC(C)=O. The molecule has 0 aromatic heterocycles. The van der Waals surface area contributed by atoms with Crippen molar-refractivity contribution < 1.29 is 9.53 Å². The Hall–Kier alpha value is -1.05. The van der Waals surface area contributed by atoms with Crippen molar-refractivity contribution in [1.29, 1.82) is 0 Å². The van der Waals surface area contributed by atoms with Gasteiger partial charge in [0.2, 0.25) is 0 Å². The van der Waals surface area contributed by atoms with Crippen LogP contribution in [-0.4, -0.2) is 5.97 Å². The van der Waals surface area contributed by atoms with Gasteiger partial charge in [-0.15, -0.1) is 13.2 Å². The Balaban J connectivity index is 0. The van der Waals surface area contributed by atoms with Crippen LogP contribution in [0.4, 0.5) is 0 Å². The van der Waals surface area contributed by atoms with E-state index in [0.29, 0.717) is 0 Å². The van der Waals surface area contributed by atoms with E-state index in [0.717, 1.165) is 0 Å². The van der Waals surface area contributed by atoms with Crippen LogP contribution in [0.5, 0.6) is 0 Å². The maximum Gasteiger partial charge on any atom is 0.307 e. The average molecular weight is 128 g/mol. The Morgan fingerprint density at radius 1 is 1.56 bits per heavy atom. The quantitative estimate of drug-likeness (QED) is 0.306. The highest BCUT2D eigenvalue weighted by Crippen LogP contribution is 1.75. The third kappa shape index (κ3) is 19.6. The molecule has 52 valence electrons. The predicted octanol–water partition coefficient (Wildman–Crippen LogP) is 1.89. The van der Waals surface area contributed by atoms with Crippen molar-refractivity contribution in [3.63, 3.8) is 0 Å². The summed E-state index contributed by atoms with van der Waals surface area (Å²) in [5, 5.41) is 0. The highest BCUT2D eigenvalue weighted by atomic mass is 16.5. The van der Waals surface area contributed by atoms with Crippen LogP contribution < -0.4 is 0 Å². The van der Waals surface area contributed by atoms with Gasteiger partial charge in [0, 0.05) is 6.92 Å². The molecule has 0 aliphatic heterocycles. The minimum atomic E-state index is -0.280. The molecule has 0 bridgehead atoms. The molecule has 0 aromatic carbocycles. The van der Waals surface area contributed by atoms with E-state index in [9.17, 15) is 4.79 Å². The van der Waals surface area contributed by atoms with Gasteiger partial charge in [-0.05, 0) is 6.92 Å². The van der Waals surface area contributed by atoms with E-state index in [1.165, 1.54) is 13.2 Å². The summed E-state index contributed by atoms with van der Waals surface area (Å²) in [6, 6.07) is 0. The Labute approximate surface area is 55.8 Å². The van der Waals surface area contributed by atoms with Crippen LogP contribution in [-0.2, 0) is 9.53 Å². The van der Waals surface area contributed by atoms with Gasteiger partial charge in [0.25, 0.3) is 0 Å². The lowest BCUT2D eigenvalue weighted by Crippen LogP contribution is -1.88. The summed E-state index contributed by atoms with van der Waals surface area (Å²) in [6.45, 7) is 9.14. The molecule has 0 heterocycles. The van der Waals surface area contributed by atoms with Crippen molar-refractivity contribution >= 4 is 5.97 Å². The zero-order valence-electron chi connectivity index (χ0n) is 5.89. The van der Waals surface area contributed by atoms with Gasteiger partial charge in [-0.2, -0.15) is 0 Å². The fraction of sp³-hybridized carbons (Fsp3) is 0.286. The van der Waals surface area contributed by atoms with Crippen molar-refractivity contribution in [2.75, 3.05) is 0 Å². The molecule has 0 aliphatic rings. The summed E-state index contributed by atoms with van der Waals surface area (Å²) in [7, 11) is 0. The largest absolute Gasteiger partial charge is 0.435 e. The third-order valence-electron chi connectivity index (χ3n) is 0.370. The number of esters is 1. The van der Waals surface area contributed by atoms with Crippen LogP contribution in [0.3, 0.4) is 0 Å². The number of carbonyl (C=O) groups excluding carboxylic acids is 1. The van der Waals surface area contributed by atoms with E-state index in [-0.39, 0.29) is 5.97 Å². The summed E-state index contributed by atoms with van der Waals surface area (Å²) in [5.41, 5.74) is 0. The van der Waals surface area contributed by atoms with Gasteiger partial charge in [-0.3, -0.25) is 4.79 Å². The van der Waals surface area contributed by atoms with Crippen LogP contribution in [0.15, 0.2) is 25.5 Å². The smallest absolute Gasteiger partial charge is 0.307 e. The average Bonchev–Trinajstić information content (AvgIpc) is 1.88. The van der Waals surface area contributed by atoms with Crippen LogP contribution in [0.25, 0.3) is 0 Å². The van der Waals surface area contributed by atoms with Gasteiger partial charge >= 0.3 is 5.97 Å². The van der Waals surface area contributed by atoms with Gasteiger partial charge in [0.05, 0.1) is 6.26 Å². The second-order valence-electron chi connectivity index (χ2n) is 1.08. The first-order valence-electron chi connectivity index (χ1n) is 2.55. The van der Waals surface area contributed by atoms with E-state index < -0.39 is 0 Å². The normalized spacial score (nSPS) is 7.78. The molecule has 0 rings (SSSR count). The summed E-state index contributed by atoms with van der Waals surface area (Å²) < 4.78 is 4.37. The van der Waals surface area contributed by atoms with Gasteiger partial charge < -0.3 is 4.74 Å². The van der Waals surface area contributed by atoms with E-state index >= 15 is 0 Å². The number of hydrogen-bond acceptors (Lipinski definition) is 2. The zero-order valence-corrected chi connectivity index (χ0v) is 5.89. The lowest BCUT2D eigenvalue weighted by Gasteiger charge is -1.85. The van der Waals surface area contributed by atoms with Gasteiger partial charge in [-0.25, -0.2) is 0 Å². The minimum absolute atomic E-state index is 0.280. The van der Waals surface area contributed by atoms with Crippen molar-refractivity contribution in [2.24, 2.45) is 0 Å². The number of hydrogen-bond donors (Lipinski definition) is 0. The summed E-state index contributed by atoms with van der Waals surface area (Å²) in [6.07, 6.45) is 3.00. The zero-order chi connectivity index (χ0) is 7.70. The second kappa shape index (κ2) is 10.0. The molecule has 0 fully saturated rings. The standard InChI is InChI=1S/C5H8O2.C2H4/c1-3-4-7-5(2)6;1-2/h3-4H,1-2H3;1-2H2. The number of rotatable bonds is 1. The first-order valence-corrected chi connectivity index (χ1v) is 2.55. The van der Waals surface area contributed by atoms with Crippen LogP contribution in [0.2, 0.25) is 0 Å². The Morgan fingerprint density at radius 3 is 2.11 bits per heavy atom. The fourth-order valence-corrected chi connectivity index (χ4v) is 0.164. The molecule has 0 unspecified atom stereocenters. The number of allylic oxidation sites excluding steroid dienone is 1. The first kappa shape index (κ1) is 10.8. The number of ether oxygens (including phenoxy) is 1. The third-order valence-corrected chi connectivity index (χ3v) is 0.370. The molecule has 9 heavy (non-hydrogen) atoms. The first-order chi connectivity index (χ1) is 4.27. The lowest BCUT2D eigenvalue weighted by atomic mass is 10.7. The van der Waals surface area contributed by atoms with Crippen molar-refractivity contribution in [3.8, 4) is 0 Å². The monoisotopic (exact) mass is 128 g/mol. The fourth-order valence-electron chi connectivity index (χ4n) is 0.164. The molecule has 0 aromatic rings. The molecule has 0 atom stereocenters. The Kier molecular flexibility index (Phi) is 12.1. The lowest BCUT2D eigenvalue weighted by molar-refractivity contribution is -0.135. The molecule has 0 radical (unpaired) electrons. The molecule has 0 spiro atoms. The maximum absolute atomic E-state index is 9.93. The van der Waals surface area contributed by atoms with Crippen molar-refractivity contribution in [1.82, 2.24) is 0 Å². The molecule has 0 amide bonds. The molecule has 2 heteroatoms. The van der Waals surface area contributed by atoms with Gasteiger partial charge in [0.15, 0.2) is 0 Å². The van der Waals surface area contributed by atoms with Crippen LogP contribution in [0, 0.1) is 0 Å².